The third-order valence-corrected chi connectivity index (χ3v) is 3.82. The molecule has 0 bridgehead atoms. The highest BCUT2D eigenvalue weighted by Gasteiger charge is 2.31. The van der Waals surface area contributed by atoms with Crippen molar-refractivity contribution in [3.63, 3.8) is 0 Å². The van der Waals surface area contributed by atoms with Crippen molar-refractivity contribution in [1.82, 2.24) is 4.98 Å². The zero-order chi connectivity index (χ0) is 14.9. The van der Waals surface area contributed by atoms with Crippen molar-refractivity contribution in [2.45, 2.75) is 13.1 Å². The number of alkyl halides is 3. The van der Waals surface area contributed by atoms with E-state index in [4.69, 9.17) is 0 Å². The van der Waals surface area contributed by atoms with Crippen LogP contribution in [0.4, 0.5) is 24.7 Å². The second-order valence-corrected chi connectivity index (χ2v) is 5.87. The molecule has 0 amide bonds. The standard InChI is InChI=1S/C13H9Br2F3N2/c1-7-4-10(15)12(19-6-7)20-11-5-8(13(16,17)18)2-3-9(11)14/h2-6H,1H3,(H,19,20). The van der Waals surface area contributed by atoms with Gasteiger partial charge in [-0.2, -0.15) is 13.2 Å². The summed E-state index contributed by atoms with van der Waals surface area (Å²) in [6.07, 6.45) is -2.75. The second-order valence-electron chi connectivity index (χ2n) is 4.16. The first-order chi connectivity index (χ1) is 9.27. The lowest BCUT2D eigenvalue weighted by molar-refractivity contribution is -0.137. The number of rotatable bonds is 2. The number of aromatic nitrogens is 1. The van der Waals surface area contributed by atoms with Gasteiger partial charge in [-0.1, -0.05) is 0 Å². The Morgan fingerprint density at radius 3 is 2.40 bits per heavy atom. The zero-order valence-corrected chi connectivity index (χ0v) is 13.4. The minimum absolute atomic E-state index is 0.303. The molecule has 2 aromatic rings. The van der Waals surface area contributed by atoms with E-state index in [0.29, 0.717) is 20.5 Å². The molecule has 2 rings (SSSR count). The van der Waals surface area contributed by atoms with Gasteiger partial charge in [0.1, 0.15) is 5.82 Å². The van der Waals surface area contributed by atoms with Crippen LogP contribution in [-0.4, -0.2) is 4.98 Å². The topological polar surface area (TPSA) is 24.9 Å². The molecular weight excluding hydrogens is 401 g/mol. The van der Waals surface area contributed by atoms with Gasteiger partial charge in [0.15, 0.2) is 0 Å². The normalized spacial score (nSPS) is 11.5. The number of nitrogens with one attached hydrogen (secondary N) is 1. The average Bonchev–Trinajstić information content (AvgIpc) is 2.33. The molecule has 0 atom stereocenters. The molecule has 0 unspecified atom stereocenters. The van der Waals surface area contributed by atoms with Crippen LogP contribution in [0.5, 0.6) is 0 Å². The quantitative estimate of drug-likeness (QED) is 0.690. The molecule has 1 aromatic carbocycles. The number of hydrogen-bond acceptors (Lipinski definition) is 2. The third-order valence-electron chi connectivity index (χ3n) is 2.52. The summed E-state index contributed by atoms with van der Waals surface area (Å²) < 4.78 is 39.3. The molecule has 0 saturated heterocycles. The Labute approximate surface area is 130 Å². The van der Waals surface area contributed by atoms with Crippen LogP contribution >= 0.6 is 31.9 Å². The van der Waals surface area contributed by atoms with Crippen molar-refractivity contribution in [2.75, 3.05) is 5.32 Å². The van der Waals surface area contributed by atoms with E-state index in [1.54, 1.807) is 6.20 Å². The lowest BCUT2D eigenvalue weighted by atomic mass is 10.2. The van der Waals surface area contributed by atoms with Gasteiger partial charge in [0.2, 0.25) is 0 Å². The zero-order valence-electron chi connectivity index (χ0n) is 10.2. The van der Waals surface area contributed by atoms with E-state index in [2.05, 4.69) is 42.2 Å². The summed E-state index contributed by atoms with van der Waals surface area (Å²) in [4.78, 5) is 4.15. The molecule has 0 aliphatic heterocycles. The minimum Gasteiger partial charge on any atom is -0.338 e. The van der Waals surface area contributed by atoms with E-state index in [1.165, 1.54) is 6.07 Å². The highest BCUT2D eigenvalue weighted by Crippen LogP contribution is 2.35. The monoisotopic (exact) mass is 408 g/mol. The van der Waals surface area contributed by atoms with E-state index in [1.807, 2.05) is 13.0 Å². The van der Waals surface area contributed by atoms with Crippen LogP contribution < -0.4 is 5.32 Å². The Kier molecular flexibility index (Phi) is 4.39. The van der Waals surface area contributed by atoms with Crippen LogP contribution in [0.25, 0.3) is 0 Å². The molecule has 0 aliphatic carbocycles. The molecule has 0 fully saturated rings. The molecule has 2 nitrogen and oxygen atoms in total. The van der Waals surface area contributed by atoms with E-state index in [-0.39, 0.29) is 0 Å². The summed E-state index contributed by atoms with van der Waals surface area (Å²) in [7, 11) is 0. The molecule has 0 saturated carbocycles. The summed E-state index contributed by atoms with van der Waals surface area (Å²) in [5.41, 5.74) is 0.536. The van der Waals surface area contributed by atoms with Gasteiger partial charge >= 0.3 is 6.18 Å². The third kappa shape index (κ3) is 3.52. The molecule has 7 heteroatoms. The van der Waals surface area contributed by atoms with Gasteiger partial charge in [0.05, 0.1) is 15.7 Å². The van der Waals surface area contributed by atoms with Crippen LogP contribution in [0, 0.1) is 6.92 Å². The number of halogens is 5. The maximum atomic E-state index is 12.7. The van der Waals surface area contributed by atoms with Crippen molar-refractivity contribution >= 4 is 43.4 Å². The molecule has 1 aromatic heterocycles. The van der Waals surface area contributed by atoms with Crippen molar-refractivity contribution in [2.24, 2.45) is 0 Å². The fourth-order valence-electron chi connectivity index (χ4n) is 1.55. The number of anilines is 2. The molecule has 0 radical (unpaired) electrons. The maximum absolute atomic E-state index is 12.7. The Morgan fingerprint density at radius 2 is 1.80 bits per heavy atom. The molecule has 106 valence electrons. The van der Waals surface area contributed by atoms with Gasteiger partial charge in [0, 0.05) is 10.7 Å². The van der Waals surface area contributed by atoms with Crippen LogP contribution in [0.2, 0.25) is 0 Å². The molecular formula is C13H9Br2F3N2. The van der Waals surface area contributed by atoms with Crippen LogP contribution in [0.15, 0.2) is 39.4 Å². The van der Waals surface area contributed by atoms with Crippen molar-refractivity contribution in [1.29, 1.82) is 0 Å². The predicted octanol–water partition coefficient (Wildman–Crippen LogP) is 5.68. The Balaban J connectivity index is 2.38. The number of benzene rings is 1. The van der Waals surface area contributed by atoms with Crippen LogP contribution in [-0.2, 0) is 6.18 Å². The Hall–Kier alpha value is -1.08. The summed E-state index contributed by atoms with van der Waals surface area (Å²) >= 11 is 6.55. The number of aryl methyl sites for hydroxylation is 1. The van der Waals surface area contributed by atoms with Gasteiger partial charge in [-0.05, 0) is 68.6 Å². The lowest BCUT2D eigenvalue weighted by Crippen LogP contribution is -2.06. The lowest BCUT2D eigenvalue weighted by Gasteiger charge is -2.13. The van der Waals surface area contributed by atoms with Gasteiger partial charge in [-0.3, -0.25) is 0 Å². The highest BCUT2D eigenvalue weighted by molar-refractivity contribution is 9.11. The van der Waals surface area contributed by atoms with E-state index >= 15 is 0 Å². The molecule has 0 spiro atoms. The summed E-state index contributed by atoms with van der Waals surface area (Å²) in [5, 5.41) is 2.88. The predicted molar refractivity (Wildman–Crippen MR) is 79.1 cm³/mol. The minimum atomic E-state index is -4.38. The van der Waals surface area contributed by atoms with E-state index in [9.17, 15) is 13.2 Å². The van der Waals surface area contributed by atoms with Crippen LogP contribution in [0.3, 0.4) is 0 Å². The molecule has 1 heterocycles. The fourth-order valence-corrected chi connectivity index (χ4v) is 2.46. The molecule has 0 aliphatic rings. The number of hydrogen-bond donors (Lipinski definition) is 1. The van der Waals surface area contributed by atoms with Gasteiger partial charge in [-0.15, -0.1) is 0 Å². The van der Waals surface area contributed by atoms with Crippen molar-refractivity contribution < 1.29 is 13.2 Å². The van der Waals surface area contributed by atoms with Gasteiger partial charge in [-0.25, -0.2) is 4.98 Å². The van der Waals surface area contributed by atoms with Crippen LogP contribution in [0.1, 0.15) is 11.1 Å². The Morgan fingerprint density at radius 1 is 1.10 bits per heavy atom. The fraction of sp³-hybridized carbons (Fsp3) is 0.154. The molecule has 1 N–H and O–H groups in total. The summed E-state index contributed by atoms with van der Waals surface area (Å²) in [5.74, 6) is 0.454. The van der Waals surface area contributed by atoms with E-state index in [0.717, 1.165) is 17.7 Å². The summed E-state index contributed by atoms with van der Waals surface area (Å²) in [6.45, 7) is 1.88. The second kappa shape index (κ2) is 5.73. The highest BCUT2D eigenvalue weighted by atomic mass is 79.9. The van der Waals surface area contributed by atoms with E-state index < -0.39 is 11.7 Å². The van der Waals surface area contributed by atoms with Crippen molar-refractivity contribution in [3.05, 3.63) is 50.5 Å². The number of pyridine rings is 1. The smallest absolute Gasteiger partial charge is 0.338 e. The largest absolute Gasteiger partial charge is 0.416 e. The van der Waals surface area contributed by atoms with Gasteiger partial charge in [0.25, 0.3) is 0 Å². The van der Waals surface area contributed by atoms with Gasteiger partial charge < -0.3 is 5.32 Å². The SMILES string of the molecule is Cc1cnc(Nc2cc(C(F)(F)F)ccc2Br)c(Br)c1. The Bertz CT molecular complexity index is 642. The first-order valence-electron chi connectivity index (χ1n) is 5.53. The first-order valence-corrected chi connectivity index (χ1v) is 7.12. The van der Waals surface area contributed by atoms with Crippen molar-refractivity contribution in [3.8, 4) is 0 Å². The maximum Gasteiger partial charge on any atom is 0.416 e. The number of nitrogens with zero attached hydrogens (tertiary/aromatic N) is 1. The first kappa shape index (κ1) is 15.3. The summed E-state index contributed by atoms with van der Waals surface area (Å²) in [6, 6.07) is 5.25. The molecule has 20 heavy (non-hydrogen) atoms. The average molecular weight is 410 g/mol.